The van der Waals surface area contributed by atoms with Gasteiger partial charge in [0, 0.05) is 10.7 Å². The highest BCUT2D eigenvalue weighted by molar-refractivity contribution is 9.10. The summed E-state index contributed by atoms with van der Waals surface area (Å²) in [7, 11) is 0. The SMILES string of the molecule is CC(Cl)c1nc2cc(Br)cnc2n1-c1ccccc1C#N. The van der Waals surface area contributed by atoms with E-state index in [1.54, 1.807) is 12.3 Å². The average molecular weight is 362 g/mol. The summed E-state index contributed by atoms with van der Waals surface area (Å²) in [5.41, 5.74) is 2.71. The Morgan fingerprint density at radius 3 is 2.86 bits per heavy atom. The molecular weight excluding hydrogens is 352 g/mol. The fraction of sp³-hybridized carbons (Fsp3) is 0.133. The summed E-state index contributed by atoms with van der Waals surface area (Å²) >= 11 is 9.65. The van der Waals surface area contributed by atoms with Gasteiger partial charge in [0.1, 0.15) is 17.4 Å². The Bertz CT molecular complexity index is 864. The number of imidazole rings is 1. The number of nitrogens with zero attached hydrogens (tertiary/aromatic N) is 4. The lowest BCUT2D eigenvalue weighted by molar-refractivity contribution is 0.875. The molecular formula is C15H10BrClN4. The van der Waals surface area contributed by atoms with Gasteiger partial charge in [-0.3, -0.25) is 4.57 Å². The van der Waals surface area contributed by atoms with Gasteiger partial charge in [-0.25, -0.2) is 9.97 Å². The summed E-state index contributed by atoms with van der Waals surface area (Å²) in [4.78, 5) is 8.97. The largest absolute Gasteiger partial charge is 0.278 e. The summed E-state index contributed by atoms with van der Waals surface area (Å²) < 4.78 is 2.69. The van der Waals surface area contributed by atoms with Crippen LogP contribution in [0.3, 0.4) is 0 Å². The van der Waals surface area contributed by atoms with E-state index in [4.69, 9.17) is 11.6 Å². The van der Waals surface area contributed by atoms with Crippen molar-refractivity contribution < 1.29 is 0 Å². The standard InChI is InChI=1S/C15H10BrClN4/c1-9(17)14-20-12-6-11(16)8-19-15(12)21(14)13-5-3-2-4-10(13)7-18/h2-6,8-9H,1H3. The van der Waals surface area contributed by atoms with Gasteiger partial charge in [0.2, 0.25) is 0 Å². The zero-order chi connectivity index (χ0) is 15.0. The number of fused-ring (bicyclic) bond motifs is 1. The Morgan fingerprint density at radius 2 is 2.14 bits per heavy atom. The monoisotopic (exact) mass is 360 g/mol. The van der Waals surface area contributed by atoms with E-state index >= 15 is 0 Å². The quantitative estimate of drug-likeness (QED) is 0.637. The molecule has 0 aliphatic heterocycles. The van der Waals surface area contributed by atoms with Crippen LogP contribution < -0.4 is 0 Å². The Kier molecular flexibility index (Phi) is 3.66. The molecule has 2 heterocycles. The molecule has 3 aromatic rings. The van der Waals surface area contributed by atoms with Crippen molar-refractivity contribution in [1.82, 2.24) is 14.5 Å². The molecule has 21 heavy (non-hydrogen) atoms. The predicted molar refractivity (Wildman–Crippen MR) is 85.5 cm³/mol. The lowest BCUT2D eigenvalue weighted by Crippen LogP contribution is -2.04. The fourth-order valence-electron chi connectivity index (χ4n) is 2.23. The van der Waals surface area contributed by atoms with Gasteiger partial charge in [-0.05, 0) is 41.1 Å². The number of para-hydroxylation sites is 1. The topological polar surface area (TPSA) is 54.5 Å². The Labute approximate surface area is 135 Å². The van der Waals surface area contributed by atoms with E-state index in [1.807, 2.05) is 35.8 Å². The summed E-state index contributed by atoms with van der Waals surface area (Å²) in [5, 5.41) is 9.02. The summed E-state index contributed by atoms with van der Waals surface area (Å²) in [6.07, 6.45) is 1.71. The van der Waals surface area contributed by atoms with E-state index in [9.17, 15) is 5.26 Å². The van der Waals surface area contributed by atoms with Crippen LogP contribution >= 0.6 is 27.5 Å². The molecule has 0 aliphatic rings. The number of nitriles is 1. The number of alkyl halides is 1. The van der Waals surface area contributed by atoms with E-state index in [2.05, 4.69) is 32.0 Å². The number of halogens is 2. The van der Waals surface area contributed by atoms with Crippen LogP contribution in [0.5, 0.6) is 0 Å². The molecule has 1 aromatic carbocycles. The maximum atomic E-state index is 9.32. The number of hydrogen-bond donors (Lipinski definition) is 0. The number of rotatable bonds is 2. The smallest absolute Gasteiger partial charge is 0.164 e. The van der Waals surface area contributed by atoms with E-state index in [1.165, 1.54) is 0 Å². The highest BCUT2D eigenvalue weighted by Gasteiger charge is 2.19. The first kappa shape index (κ1) is 14.1. The van der Waals surface area contributed by atoms with E-state index < -0.39 is 0 Å². The van der Waals surface area contributed by atoms with Gasteiger partial charge in [0.15, 0.2) is 5.65 Å². The van der Waals surface area contributed by atoms with Crippen LogP contribution in [0.25, 0.3) is 16.9 Å². The molecule has 0 spiro atoms. The molecule has 0 N–H and O–H groups in total. The Hall–Kier alpha value is -1.90. The second-order valence-electron chi connectivity index (χ2n) is 4.55. The van der Waals surface area contributed by atoms with Crippen LogP contribution in [-0.4, -0.2) is 14.5 Å². The van der Waals surface area contributed by atoms with Crippen molar-refractivity contribution in [2.45, 2.75) is 12.3 Å². The van der Waals surface area contributed by atoms with E-state index in [0.717, 1.165) is 15.7 Å². The highest BCUT2D eigenvalue weighted by atomic mass is 79.9. The van der Waals surface area contributed by atoms with E-state index in [-0.39, 0.29) is 5.38 Å². The first-order valence-electron chi connectivity index (χ1n) is 6.29. The zero-order valence-corrected chi connectivity index (χ0v) is 13.4. The maximum absolute atomic E-state index is 9.32. The van der Waals surface area contributed by atoms with E-state index in [0.29, 0.717) is 17.0 Å². The van der Waals surface area contributed by atoms with Crippen molar-refractivity contribution in [2.24, 2.45) is 0 Å². The molecule has 1 unspecified atom stereocenters. The normalized spacial score (nSPS) is 12.3. The number of pyridine rings is 1. The lowest BCUT2D eigenvalue weighted by atomic mass is 10.2. The molecule has 6 heteroatoms. The number of benzene rings is 1. The molecule has 0 saturated carbocycles. The second-order valence-corrected chi connectivity index (χ2v) is 6.12. The third-order valence-corrected chi connectivity index (χ3v) is 3.74. The molecule has 0 radical (unpaired) electrons. The first-order valence-corrected chi connectivity index (χ1v) is 7.52. The highest BCUT2D eigenvalue weighted by Crippen LogP contribution is 2.29. The van der Waals surface area contributed by atoms with Gasteiger partial charge < -0.3 is 0 Å². The average Bonchev–Trinajstić information content (AvgIpc) is 2.85. The van der Waals surface area contributed by atoms with Crippen LogP contribution in [0.1, 0.15) is 23.7 Å². The lowest BCUT2D eigenvalue weighted by Gasteiger charge is -2.11. The van der Waals surface area contributed by atoms with Crippen molar-refractivity contribution in [1.29, 1.82) is 5.26 Å². The van der Waals surface area contributed by atoms with Crippen LogP contribution in [0.4, 0.5) is 0 Å². The van der Waals surface area contributed by atoms with Gasteiger partial charge in [-0.2, -0.15) is 5.26 Å². The third kappa shape index (κ3) is 2.41. The minimum Gasteiger partial charge on any atom is -0.278 e. The molecule has 0 aliphatic carbocycles. The summed E-state index contributed by atoms with van der Waals surface area (Å²) in [6.45, 7) is 1.85. The minimum atomic E-state index is -0.301. The minimum absolute atomic E-state index is 0.301. The Morgan fingerprint density at radius 1 is 1.38 bits per heavy atom. The fourth-order valence-corrected chi connectivity index (χ4v) is 2.69. The van der Waals surface area contributed by atoms with Crippen LogP contribution in [0.15, 0.2) is 41.0 Å². The summed E-state index contributed by atoms with van der Waals surface area (Å²) in [6, 6.07) is 11.4. The molecule has 2 aromatic heterocycles. The number of hydrogen-bond acceptors (Lipinski definition) is 3. The predicted octanol–water partition coefficient (Wildman–Crippen LogP) is 4.35. The molecule has 3 rings (SSSR count). The zero-order valence-electron chi connectivity index (χ0n) is 11.1. The van der Waals surface area contributed by atoms with Crippen molar-refractivity contribution in [3.63, 3.8) is 0 Å². The van der Waals surface area contributed by atoms with Crippen LogP contribution in [-0.2, 0) is 0 Å². The molecule has 0 bridgehead atoms. The van der Waals surface area contributed by atoms with Gasteiger partial charge in [-0.1, -0.05) is 12.1 Å². The van der Waals surface area contributed by atoms with Gasteiger partial charge >= 0.3 is 0 Å². The molecule has 0 saturated heterocycles. The third-order valence-electron chi connectivity index (χ3n) is 3.11. The van der Waals surface area contributed by atoms with Crippen molar-refractivity contribution in [2.75, 3.05) is 0 Å². The van der Waals surface area contributed by atoms with Crippen molar-refractivity contribution >= 4 is 38.7 Å². The van der Waals surface area contributed by atoms with Gasteiger partial charge in [0.05, 0.1) is 16.6 Å². The van der Waals surface area contributed by atoms with Crippen molar-refractivity contribution in [3.05, 3.63) is 52.4 Å². The molecule has 0 fully saturated rings. The molecule has 4 nitrogen and oxygen atoms in total. The Balaban J connectivity index is 2.40. The van der Waals surface area contributed by atoms with Gasteiger partial charge in [0.25, 0.3) is 0 Å². The maximum Gasteiger partial charge on any atom is 0.164 e. The first-order chi connectivity index (χ1) is 10.1. The van der Waals surface area contributed by atoms with Crippen molar-refractivity contribution in [3.8, 4) is 11.8 Å². The van der Waals surface area contributed by atoms with Gasteiger partial charge in [-0.15, -0.1) is 11.6 Å². The molecule has 104 valence electrons. The molecule has 1 atom stereocenters. The summed E-state index contributed by atoms with van der Waals surface area (Å²) in [5.74, 6) is 0.667. The number of aromatic nitrogens is 3. The van der Waals surface area contributed by atoms with Crippen LogP contribution in [0, 0.1) is 11.3 Å². The second kappa shape index (κ2) is 5.47. The molecule has 0 amide bonds. The van der Waals surface area contributed by atoms with Crippen LogP contribution in [0.2, 0.25) is 0 Å².